The van der Waals surface area contributed by atoms with E-state index in [9.17, 15) is 4.79 Å². The number of benzene rings is 2. The van der Waals surface area contributed by atoms with Crippen molar-refractivity contribution in [2.75, 3.05) is 0 Å². The van der Waals surface area contributed by atoms with E-state index in [0.717, 1.165) is 16.7 Å². The van der Waals surface area contributed by atoms with Crippen molar-refractivity contribution in [2.45, 2.75) is 13.0 Å². The van der Waals surface area contributed by atoms with Crippen LogP contribution < -0.4 is 10.5 Å². The monoisotopic (exact) mass is 281 g/mol. The molecule has 1 heterocycles. The number of nitrogens with zero attached hydrogens (tertiary/aromatic N) is 2. The van der Waals surface area contributed by atoms with Crippen molar-refractivity contribution in [3.8, 4) is 11.4 Å². The minimum atomic E-state index is -0.648. The lowest BCUT2D eigenvalue weighted by molar-refractivity contribution is -0.123. The third kappa shape index (κ3) is 2.58. The van der Waals surface area contributed by atoms with E-state index in [1.807, 2.05) is 53.1 Å². The quantitative estimate of drug-likeness (QED) is 0.797. The number of carbonyl (C=O) groups is 1. The number of amides is 1. The highest BCUT2D eigenvalue weighted by atomic mass is 16.5. The Morgan fingerprint density at radius 1 is 1.19 bits per heavy atom. The van der Waals surface area contributed by atoms with Crippen LogP contribution in [0.5, 0.6) is 5.75 Å². The Morgan fingerprint density at radius 3 is 2.62 bits per heavy atom. The Hall–Kier alpha value is -2.82. The van der Waals surface area contributed by atoms with Gasteiger partial charge in [0, 0.05) is 5.69 Å². The molecule has 0 spiro atoms. The van der Waals surface area contributed by atoms with Gasteiger partial charge in [0.2, 0.25) is 0 Å². The molecule has 0 radical (unpaired) electrons. The summed E-state index contributed by atoms with van der Waals surface area (Å²) in [5.41, 5.74) is 8.13. The van der Waals surface area contributed by atoms with Crippen molar-refractivity contribution >= 4 is 16.9 Å². The number of imidazole rings is 1. The first-order valence-corrected chi connectivity index (χ1v) is 6.63. The van der Waals surface area contributed by atoms with Crippen molar-refractivity contribution in [3.05, 3.63) is 54.9 Å². The Balaban J connectivity index is 1.89. The predicted molar refractivity (Wildman–Crippen MR) is 80.4 cm³/mol. The number of fused-ring (bicyclic) bond motifs is 1. The molecule has 21 heavy (non-hydrogen) atoms. The van der Waals surface area contributed by atoms with Gasteiger partial charge in [-0.05, 0) is 43.3 Å². The van der Waals surface area contributed by atoms with Gasteiger partial charge in [-0.1, -0.05) is 12.1 Å². The third-order valence-electron chi connectivity index (χ3n) is 3.28. The van der Waals surface area contributed by atoms with E-state index in [4.69, 9.17) is 10.5 Å². The van der Waals surface area contributed by atoms with Crippen LogP contribution in [0.4, 0.5) is 0 Å². The molecule has 0 unspecified atom stereocenters. The summed E-state index contributed by atoms with van der Waals surface area (Å²) in [6.45, 7) is 1.62. The van der Waals surface area contributed by atoms with Crippen LogP contribution in [0.25, 0.3) is 16.7 Å². The van der Waals surface area contributed by atoms with Crippen LogP contribution in [0.1, 0.15) is 6.92 Å². The number of ether oxygens (including phenoxy) is 1. The van der Waals surface area contributed by atoms with Crippen molar-refractivity contribution in [1.82, 2.24) is 9.55 Å². The van der Waals surface area contributed by atoms with Gasteiger partial charge in [-0.2, -0.15) is 0 Å². The zero-order valence-corrected chi connectivity index (χ0v) is 11.6. The van der Waals surface area contributed by atoms with Gasteiger partial charge in [-0.3, -0.25) is 9.36 Å². The summed E-state index contributed by atoms with van der Waals surface area (Å²) in [7, 11) is 0. The number of aromatic nitrogens is 2. The molecule has 1 amide bonds. The number of hydrogen-bond acceptors (Lipinski definition) is 3. The summed E-state index contributed by atoms with van der Waals surface area (Å²) < 4.78 is 7.43. The largest absolute Gasteiger partial charge is 0.481 e. The van der Waals surface area contributed by atoms with E-state index in [1.54, 1.807) is 13.3 Å². The molecular formula is C16H15N3O2. The van der Waals surface area contributed by atoms with Crippen LogP contribution in [0, 0.1) is 0 Å². The zero-order valence-electron chi connectivity index (χ0n) is 11.6. The van der Waals surface area contributed by atoms with E-state index >= 15 is 0 Å². The van der Waals surface area contributed by atoms with Gasteiger partial charge in [0.1, 0.15) is 12.1 Å². The van der Waals surface area contributed by atoms with E-state index in [-0.39, 0.29) is 0 Å². The number of hydrogen-bond donors (Lipinski definition) is 1. The van der Waals surface area contributed by atoms with E-state index in [0.29, 0.717) is 5.75 Å². The minimum absolute atomic E-state index is 0.486. The average Bonchev–Trinajstić information content (AvgIpc) is 2.92. The lowest BCUT2D eigenvalue weighted by Crippen LogP contribution is -2.30. The van der Waals surface area contributed by atoms with Crippen LogP contribution in [-0.2, 0) is 4.79 Å². The van der Waals surface area contributed by atoms with Crippen molar-refractivity contribution < 1.29 is 9.53 Å². The molecular weight excluding hydrogens is 266 g/mol. The predicted octanol–water partition coefficient (Wildman–Crippen LogP) is 2.28. The molecule has 0 saturated heterocycles. The normalized spacial score (nSPS) is 12.2. The van der Waals surface area contributed by atoms with Gasteiger partial charge < -0.3 is 10.5 Å². The van der Waals surface area contributed by atoms with E-state index < -0.39 is 12.0 Å². The maximum absolute atomic E-state index is 11.0. The molecule has 0 aliphatic heterocycles. The molecule has 5 heteroatoms. The van der Waals surface area contributed by atoms with E-state index in [1.165, 1.54) is 0 Å². The molecule has 0 saturated carbocycles. The van der Waals surface area contributed by atoms with Gasteiger partial charge in [0.05, 0.1) is 11.0 Å². The summed E-state index contributed by atoms with van der Waals surface area (Å²) in [6.07, 6.45) is 1.14. The number of primary amides is 1. The highest BCUT2D eigenvalue weighted by Gasteiger charge is 2.10. The molecule has 2 aromatic carbocycles. The Morgan fingerprint density at radius 2 is 1.90 bits per heavy atom. The van der Waals surface area contributed by atoms with Gasteiger partial charge in [-0.25, -0.2) is 4.98 Å². The second kappa shape index (κ2) is 5.28. The molecule has 0 aliphatic rings. The Kier molecular flexibility index (Phi) is 3.31. The van der Waals surface area contributed by atoms with Gasteiger partial charge in [-0.15, -0.1) is 0 Å². The van der Waals surface area contributed by atoms with Crippen LogP contribution in [0.2, 0.25) is 0 Å². The average molecular weight is 281 g/mol. The van der Waals surface area contributed by atoms with Gasteiger partial charge >= 0.3 is 0 Å². The maximum atomic E-state index is 11.0. The van der Waals surface area contributed by atoms with Crippen LogP contribution in [0.3, 0.4) is 0 Å². The maximum Gasteiger partial charge on any atom is 0.258 e. The number of para-hydroxylation sites is 2. The molecule has 0 bridgehead atoms. The third-order valence-corrected chi connectivity index (χ3v) is 3.28. The molecule has 1 atom stereocenters. The molecule has 0 aliphatic carbocycles. The molecule has 0 fully saturated rings. The van der Waals surface area contributed by atoms with Crippen molar-refractivity contribution in [2.24, 2.45) is 5.73 Å². The first-order chi connectivity index (χ1) is 10.1. The lowest BCUT2D eigenvalue weighted by Gasteiger charge is -2.12. The van der Waals surface area contributed by atoms with Crippen LogP contribution >= 0.6 is 0 Å². The first-order valence-electron chi connectivity index (χ1n) is 6.63. The summed E-state index contributed by atoms with van der Waals surface area (Å²) in [5, 5.41) is 0. The highest BCUT2D eigenvalue weighted by molar-refractivity contribution is 5.79. The fourth-order valence-electron chi connectivity index (χ4n) is 2.11. The molecule has 106 valence electrons. The Bertz CT molecular complexity index is 778. The van der Waals surface area contributed by atoms with Crippen molar-refractivity contribution in [1.29, 1.82) is 0 Å². The standard InChI is InChI=1S/C16H15N3O2/c1-11(16(17)20)21-13-8-6-12(7-9-13)19-10-18-14-4-2-3-5-15(14)19/h2-11H,1H3,(H2,17,20)/t11-/m0/s1. The molecule has 1 aromatic heterocycles. The summed E-state index contributed by atoms with van der Waals surface area (Å²) >= 11 is 0. The fourth-order valence-corrected chi connectivity index (χ4v) is 2.11. The smallest absolute Gasteiger partial charge is 0.258 e. The topological polar surface area (TPSA) is 70.1 Å². The molecule has 2 N–H and O–H groups in total. The van der Waals surface area contributed by atoms with Crippen LogP contribution in [-0.4, -0.2) is 21.6 Å². The Labute approximate surface area is 122 Å². The molecule has 3 rings (SSSR count). The summed E-state index contributed by atoms with van der Waals surface area (Å²) in [4.78, 5) is 15.3. The summed E-state index contributed by atoms with van der Waals surface area (Å²) in [6, 6.07) is 15.4. The zero-order chi connectivity index (χ0) is 14.8. The fraction of sp³-hybridized carbons (Fsp3) is 0.125. The summed E-state index contributed by atoms with van der Waals surface area (Å²) in [5.74, 6) is 0.120. The van der Waals surface area contributed by atoms with Gasteiger partial charge in [0.15, 0.2) is 6.10 Å². The SMILES string of the molecule is C[C@H](Oc1ccc(-n2cnc3ccccc32)cc1)C(N)=O. The number of rotatable bonds is 4. The number of nitrogens with two attached hydrogens (primary N) is 1. The number of carbonyl (C=O) groups excluding carboxylic acids is 1. The van der Waals surface area contributed by atoms with Crippen LogP contribution in [0.15, 0.2) is 54.9 Å². The van der Waals surface area contributed by atoms with Gasteiger partial charge in [0.25, 0.3) is 5.91 Å². The van der Waals surface area contributed by atoms with Crippen molar-refractivity contribution in [3.63, 3.8) is 0 Å². The molecule has 5 nitrogen and oxygen atoms in total. The van der Waals surface area contributed by atoms with E-state index in [2.05, 4.69) is 4.98 Å². The lowest BCUT2D eigenvalue weighted by atomic mass is 10.2. The highest BCUT2D eigenvalue weighted by Crippen LogP contribution is 2.20. The minimum Gasteiger partial charge on any atom is -0.481 e. The second-order valence-electron chi connectivity index (χ2n) is 4.76. The second-order valence-corrected chi connectivity index (χ2v) is 4.76. The molecule has 3 aromatic rings. The first kappa shape index (κ1) is 13.2.